The van der Waals surface area contributed by atoms with E-state index in [1.54, 1.807) is 0 Å². The topological polar surface area (TPSA) is 41.8 Å². The van der Waals surface area contributed by atoms with E-state index in [1.165, 1.54) is 11.1 Å². The van der Waals surface area contributed by atoms with Crippen LogP contribution in [-0.2, 0) is 0 Å². The molecule has 2 aromatic carbocycles. The van der Waals surface area contributed by atoms with E-state index in [0.29, 0.717) is 5.82 Å². The van der Waals surface area contributed by atoms with E-state index in [4.69, 9.17) is 5.73 Å². The molecule has 0 aliphatic carbocycles. The van der Waals surface area contributed by atoms with E-state index < -0.39 is 0 Å². The monoisotopic (exact) mass is 208 g/mol. The van der Waals surface area contributed by atoms with Crippen LogP contribution >= 0.6 is 0 Å². The number of rotatable bonds is 1. The largest absolute Gasteiger partial charge is 0.385 e. The van der Waals surface area contributed by atoms with Gasteiger partial charge in [-0.3, -0.25) is 0 Å². The van der Waals surface area contributed by atoms with Crippen LogP contribution in [0.1, 0.15) is 0 Å². The number of fused-ring (bicyclic) bond motifs is 1. The number of nitrogens with two attached hydrogens (primary N) is 1. The molecule has 0 saturated carbocycles. The van der Waals surface area contributed by atoms with Crippen molar-refractivity contribution in [3.05, 3.63) is 54.6 Å². The first kappa shape index (κ1) is 9.04. The van der Waals surface area contributed by atoms with E-state index in [1.807, 2.05) is 24.3 Å². The molecule has 0 radical (unpaired) electrons. The Balaban J connectivity index is 2.18. The van der Waals surface area contributed by atoms with Gasteiger partial charge in [0.2, 0.25) is 0 Å². The second-order valence-corrected chi connectivity index (χ2v) is 3.89. The lowest BCUT2D eigenvalue weighted by Gasteiger charge is -2.00. The summed E-state index contributed by atoms with van der Waals surface area (Å²) in [5.41, 5.74) is 9.25. The Hall–Kier alpha value is -2.22. The molecule has 0 aliphatic rings. The zero-order chi connectivity index (χ0) is 11.0. The Labute approximate surface area is 93.7 Å². The Bertz CT molecular complexity index is 624. The van der Waals surface area contributed by atoms with E-state index in [2.05, 4.69) is 35.3 Å². The number of aromatic amines is 1. The molecule has 0 unspecified atom stereocenters. The summed E-state index contributed by atoms with van der Waals surface area (Å²) in [6.45, 7) is 0. The summed E-state index contributed by atoms with van der Waals surface area (Å²) in [5.74, 6) is 0.709. The van der Waals surface area contributed by atoms with Crippen molar-refractivity contribution < 1.29 is 0 Å². The standard InChI is InChI=1S/C14H12N2/c15-14-9-12-8-11(6-7-13(12)16-14)10-4-2-1-3-5-10/h1-9,16H,15H2. The van der Waals surface area contributed by atoms with Gasteiger partial charge in [-0.2, -0.15) is 0 Å². The molecular weight excluding hydrogens is 196 g/mol. The average molecular weight is 208 g/mol. The molecule has 16 heavy (non-hydrogen) atoms. The highest BCUT2D eigenvalue weighted by Crippen LogP contribution is 2.25. The predicted molar refractivity (Wildman–Crippen MR) is 68.1 cm³/mol. The normalized spacial score (nSPS) is 10.8. The summed E-state index contributed by atoms with van der Waals surface area (Å²) in [6.07, 6.45) is 0. The lowest BCUT2D eigenvalue weighted by molar-refractivity contribution is 1.47. The fourth-order valence-electron chi connectivity index (χ4n) is 1.97. The molecule has 0 bridgehead atoms. The van der Waals surface area contributed by atoms with Gasteiger partial charge in [0.05, 0.1) is 0 Å². The van der Waals surface area contributed by atoms with Crippen LogP contribution in [0.15, 0.2) is 54.6 Å². The molecule has 3 aromatic rings. The van der Waals surface area contributed by atoms with E-state index in [0.717, 1.165) is 10.9 Å². The maximum atomic E-state index is 5.72. The fourth-order valence-corrected chi connectivity index (χ4v) is 1.97. The van der Waals surface area contributed by atoms with Crippen LogP contribution in [0.5, 0.6) is 0 Å². The number of H-pyrrole nitrogens is 1. The average Bonchev–Trinajstić information content (AvgIpc) is 2.69. The van der Waals surface area contributed by atoms with Crippen molar-refractivity contribution in [1.29, 1.82) is 0 Å². The molecule has 3 N–H and O–H groups in total. The summed E-state index contributed by atoms with van der Waals surface area (Å²) < 4.78 is 0. The highest BCUT2D eigenvalue weighted by atomic mass is 14.8. The van der Waals surface area contributed by atoms with Crippen molar-refractivity contribution in [1.82, 2.24) is 4.98 Å². The van der Waals surface area contributed by atoms with Gasteiger partial charge in [0.25, 0.3) is 0 Å². The van der Waals surface area contributed by atoms with Gasteiger partial charge < -0.3 is 10.7 Å². The van der Waals surface area contributed by atoms with Crippen molar-refractivity contribution >= 4 is 16.7 Å². The molecule has 78 valence electrons. The van der Waals surface area contributed by atoms with Crippen LogP contribution in [0, 0.1) is 0 Å². The van der Waals surface area contributed by atoms with E-state index in [9.17, 15) is 0 Å². The number of nitrogen functional groups attached to an aromatic ring is 1. The zero-order valence-electron chi connectivity index (χ0n) is 8.77. The second-order valence-electron chi connectivity index (χ2n) is 3.89. The van der Waals surface area contributed by atoms with Crippen molar-refractivity contribution in [2.75, 3.05) is 5.73 Å². The molecular formula is C14H12N2. The van der Waals surface area contributed by atoms with Crippen LogP contribution in [0.25, 0.3) is 22.0 Å². The molecule has 0 atom stereocenters. The van der Waals surface area contributed by atoms with Gasteiger partial charge in [0.1, 0.15) is 5.82 Å². The first-order chi connectivity index (χ1) is 7.83. The summed E-state index contributed by atoms with van der Waals surface area (Å²) in [4.78, 5) is 3.11. The molecule has 1 aromatic heterocycles. The first-order valence-electron chi connectivity index (χ1n) is 5.26. The van der Waals surface area contributed by atoms with Gasteiger partial charge >= 0.3 is 0 Å². The fraction of sp³-hybridized carbons (Fsp3) is 0. The van der Waals surface area contributed by atoms with Crippen LogP contribution in [0.4, 0.5) is 5.82 Å². The summed E-state index contributed by atoms with van der Waals surface area (Å²) in [5, 5.41) is 1.15. The van der Waals surface area contributed by atoms with Crippen LogP contribution in [0.3, 0.4) is 0 Å². The molecule has 0 fully saturated rings. The Morgan fingerprint density at radius 3 is 2.44 bits per heavy atom. The van der Waals surface area contributed by atoms with Crippen molar-refractivity contribution in [3.63, 3.8) is 0 Å². The van der Waals surface area contributed by atoms with Crippen LogP contribution in [-0.4, -0.2) is 4.98 Å². The van der Waals surface area contributed by atoms with Gasteiger partial charge in [-0.05, 0) is 29.3 Å². The highest BCUT2D eigenvalue weighted by molar-refractivity contribution is 5.87. The van der Waals surface area contributed by atoms with E-state index in [-0.39, 0.29) is 0 Å². The van der Waals surface area contributed by atoms with Gasteiger partial charge in [0, 0.05) is 10.9 Å². The van der Waals surface area contributed by atoms with Crippen molar-refractivity contribution in [3.8, 4) is 11.1 Å². The van der Waals surface area contributed by atoms with Gasteiger partial charge in [-0.15, -0.1) is 0 Å². The van der Waals surface area contributed by atoms with Gasteiger partial charge in [-0.25, -0.2) is 0 Å². The van der Waals surface area contributed by atoms with Crippen LogP contribution < -0.4 is 5.73 Å². The third-order valence-corrected chi connectivity index (χ3v) is 2.75. The van der Waals surface area contributed by atoms with E-state index >= 15 is 0 Å². The molecule has 0 aliphatic heterocycles. The molecule has 0 saturated heterocycles. The quantitative estimate of drug-likeness (QED) is 0.632. The van der Waals surface area contributed by atoms with Gasteiger partial charge in [-0.1, -0.05) is 36.4 Å². The molecule has 2 nitrogen and oxygen atoms in total. The highest BCUT2D eigenvalue weighted by Gasteiger charge is 2.01. The number of benzene rings is 2. The molecule has 3 rings (SSSR count). The first-order valence-corrected chi connectivity index (χ1v) is 5.26. The molecule has 0 amide bonds. The maximum absolute atomic E-state index is 5.72. The Morgan fingerprint density at radius 2 is 1.62 bits per heavy atom. The van der Waals surface area contributed by atoms with Gasteiger partial charge in [0.15, 0.2) is 0 Å². The lowest BCUT2D eigenvalue weighted by atomic mass is 10.0. The number of nitrogens with one attached hydrogen (secondary N) is 1. The predicted octanol–water partition coefficient (Wildman–Crippen LogP) is 3.42. The zero-order valence-corrected chi connectivity index (χ0v) is 8.77. The summed E-state index contributed by atoms with van der Waals surface area (Å²) >= 11 is 0. The molecule has 2 heteroatoms. The number of hydrogen-bond donors (Lipinski definition) is 2. The van der Waals surface area contributed by atoms with Crippen molar-refractivity contribution in [2.24, 2.45) is 0 Å². The third-order valence-electron chi connectivity index (χ3n) is 2.75. The minimum Gasteiger partial charge on any atom is -0.385 e. The lowest BCUT2D eigenvalue weighted by Crippen LogP contribution is -1.80. The number of anilines is 1. The molecule has 1 heterocycles. The Kier molecular flexibility index (Phi) is 1.93. The second kappa shape index (κ2) is 3.42. The molecule has 0 spiro atoms. The third kappa shape index (κ3) is 1.44. The summed E-state index contributed by atoms with van der Waals surface area (Å²) in [7, 11) is 0. The van der Waals surface area contributed by atoms with Crippen molar-refractivity contribution in [2.45, 2.75) is 0 Å². The minimum atomic E-state index is 0.709. The minimum absolute atomic E-state index is 0.709. The SMILES string of the molecule is Nc1cc2cc(-c3ccccc3)ccc2[nH]1. The van der Waals surface area contributed by atoms with Crippen LogP contribution in [0.2, 0.25) is 0 Å². The summed E-state index contributed by atoms with van der Waals surface area (Å²) in [6, 6.07) is 18.6. The number of aromatic nitrogens is 1. The number of hydrogen-bond acceptors (Lipinski definition) is 1. The maximum Gasteiger partial charge on any atom is 0.101 e. The smallest absolute Gasteiger partial charge is 0.101 e. The Morgan fingerprint density at radius 1 is 0.812 bits per heavy atom.